The number of rotatable bonds is 3. The Morgan fingerprint density at radius 3 is 2.42 bits per heavy atom. The molecule has 24 heavy (non-hydrogen) atoms. The van der Waals surface area contributed by atoms with Crippen molar-refractivity contribution in [2.24, 2.45) is 0 Å². The minimum Gasteiger partial charge on any atom is -0.353 e. The van der Waals surface area contributed by atoms with E-state index in [9.17, 15) is 4.79 Å². The van der Waals surface area contributed by atoms with Crippen LogP contribution in [0.4, 0.5) is 5.82 Å². The first-order chi connectivity index (χ1) is 11.4. The maximum Gasteiger partial charge on any atom is 0.264 e. The third-order valence-electron chi connectivity index (χ3n) is 4.22. The van der Waals surface area contributed by atoms with E-state index in [0.717, 1.165) is 48.4 Å². The fourth-order valence-electron chi connectivity index (χ4n) is 2.84. The first-order valence-corrected chi connectivity index (χ1v) is 9.22. The van der Waals surface area contributed by atoms with Gasteiger partial charge in [0.05, 0.1) is 4.88 Å². The highest BCUT2D eigenvalue weighted by atomic mass is 32.1. The number of carbonyl (C=O) groups excluding carboxylic acids is 1. The van der Waals surface area contributed by atoms with Crippen molar-refractivity contribution in [3.05, 3.63) is 39.5 Å². The lowest BCUT2D eigenvalue weighted by atomic mass is 10.2. The largest absolute Gasteiger partial charge is 0.353 e. The van der Waals surface area contributed by atoms with Gasteiger partial charge in [-0.1, -0.05) is 13.8 Å². The fraction of sp³-hybridized carbons (Fsp3) is 0.500. The van der Waals surface area contributed by atoms with Crippen molar-refractivity contribution in [2.75, 3.05) is 31.1 Å². The Morgan fingerprint density at radius 1 is 1.12 bits per heavy atom. The van der Waals surface area contributed by atoms with Crippen molar-refractivity contribution in [1.29, 1.82) is 0 Å². The first-order valence-electron chi connectivity index (χ1n) is 8.40. The number of nitrogens with zero attached hydrogens (tertiary/aromatic N) is 4. The van der Waals surface area contributed by atoms with Crippen molar-refractivity contribution >= 4 is 23.1 Å². The number of anilines is 1. The molecule has 3 heterocycles. The molecule has 3 rings (SSSR count). The number of carbonyl (C=O) groups is 1. The molecule has 0 aliphatic carbocycles. The van der Waals surface area contributed by atoms with Crippen molar-refractivity contribution in [1.82, 2.24) is 14.9 Å². The van der Waals surface area contributed by atoms with Gasteiger partial charge < -0.3 is 9.80 Å². The quantitative estimate of drug-likeness (QED) is 0.858. The summed E-state index contributed by atoms with van der Waals surface area (Å²) in [7, 11) is 0. The minimum absolute atomic E-state index is 0.148. The number of thiophene rings is 1. The predicted octanol–water partition coefficient (Wildman–Crippen LogP) is 3.24. The second-order valence-electron chi connectivity index (χ2n) is 6.57. The zero-order valence-corrected chi connectivity index (χ0v) is 15.6. The average molecular weight is 344 g/mol. The second kappa shape index (κ2) is 6.89. The van der Waals surface area contributed by atoms with Gasteiger partial charge in [-0.15, -0.1) is 11.3 Å². The lowest BCUT2D eigenvalue weighted by molar-refractivity contribution is 0.0751. The van der Waals surface area contributed by atoms with E-state index in [0.29, 0.717) is 5.92 Å². The van der Waals surface area contributed by atoms with Crippen LogP contribution in [0, 0.1) is 13.8 Å². The molecule has 0 aromatic carbocycles. The van der Waals surface area contributed by atoms with Gasteiger partial charge in [0.1, 0.15) is 11.6 Å². The average Bonchev–Trinajstić information content (AvgIpc) is 3.00. The number of amides is 1. The third-order valence-corrected chi connectivity index (χ3v) is 5.21. The molecule has 6 heteroatoms. The molecule has 0 bridgehead atoms. The van der Waals surface area contributed by atoms with Crippen LogP contribution in [0.3, 0.4) is 0 Å². The number of aryl methyl sites for hydroxylation is 2. The van der Waals surface area contributed by atoms with Gasteiger partial charge in [-0.05, 0) is 26.0 Å². The minimum atomic E-state index is 0.148. The molecule has 0 unspecified atom stereocenters. The summed E-state index contributed by atoms with van der Waals surface area (Å²) in [5.74, 6) is 2.32. The van der Waals surface area contributed by atoms with Crippen molar-refractivity contribution in [2.45, 2.75) is 33.6 Å². The molecule has 1 fully saturated rings. The molecule has 1 aliphatic rings. The molecular formula is C18H24N4OS. The standard InChI is InChI=1S/C18H24N4OS/c1-12(2)17-19-13(3)11-16(20-17)21-7-9-22(10-8-21)18(23)15-6-5-14(4)24-15/h5-6,11-12H,7-10H2,1-4H3. The van der Waals surface area contributed by atoms with Crippen LogP contribution in [0.1, 0.15) is 45.8 Å². The Morgan fingerprint density at radius 2 is 1.83 bits per heavy atom. The van der Waals surface area contributed by atoms with Crippen LogP contribution in [0.25, 0.3) is 0 Å². The molecular weight excluding hydrogens is 320 g/mol. The van der Waals surface area contributed by atoms with Gasteiger partial charge in [0, 0.05) is 48.7 Å². The van der Waals surface area contributed by atoms with E-state index in [4.69, 9.17) is 4.98 Å². The molecule has 0 saturated carbocycles. The summed E-state index contributed by atoms with van der Waals surface area (Å²) in [6.45, 7) is 11.3. The number of piperazine rings is 1. The first kappa shape index (κ1) is 16.9. The van der Waals surface area contributed by atoms with Gasteiger partial charge in [0.25, 0.3) is 5.91 Å². The molecule has 2 aromatic rings. The van der Waals surface area contributed by atoms with E-state index in [1.54, 1.807) is 11.3 Å². The summed E-state index contributed by atoms with van der Waals surface area (Å²) in [5, 5.41) is 0. The van der Waals surface area contributed by atoms with Crippen LogP contribution < -0.4 is 4.90 Å². The van der Waals surface area contributed by atoms with Crippen molar-refractivity contribution < 1.29 is 4.79 Å². The lowest BCUT2D eigenvalue weighted by Crippen LogP contribution is -2.49. The summed E-state index contributed by atoms with van der Waals surface area (Å²) in [6, 6.07) is 5.97. The molecule has 128 valence electrons. The topological polar surface area (TPSA) is 49.3 Å². The van der Waals surface area contributed by atoms with Gasteiger partial charge in [0.2, 0.25) is 0 Å². The Labute approximate surface area is 147 Å². The third kappa shape index (κ3) is 3.59. The summed E-state index contributed by atoms with van der Waals surface area (Å²) >= 11 is 1.57. The molecule has 0 N–H and O–H groups in total. The van der Waals surface area contributed by atoms with E-state index < -0.39 is 0 Å². The summed E-state index contributed by atoms with van der Waals surface area (Å²) < 4.78 is 0. The molecule has 0 atom stereocenters. The van der Waals surface area contributed by atoms with Gasteiger partial charge in [-0.25, -0.2) is 9.97 Å². The van der Waals surface area contributed by atoms with Crippen molar-refractivity contribution in [3.8, 4) is 0 Å². The predicted molar refractivity (Wildman–Crippen MR) is 98.0 cm³/mol. The number of aromatic nitrogens is 2. The Kier molecular flexibility index (Phi) is 4.85. The summed E-state index contributed by atoms with van der Waals surface area (Å²) in [5.41, 5.74) is 0.997. The molecule has 2 aromatic heterocycles. The maximum atomic E-state index is 12.5. The number of hydrogen-bond acceptors (Lipinski definition) is 5. The van der Waals surface area contributed by atoms with Crippen LogP contribution in [0.2, 0.25) is 0 Å². The van der Waals surface area contributed by atoms with Crippen LogP contribution in [0.5, 0.6) is 0 Å². The summed E-state index contributed by atoms with van der Waals surface area (Å²) in [6.07, 6.45) is 0. The Bertz CT molecular complexity index is 732. The molecule has 1 amide bonds. The fourth-order valence-corrected chi connectivity index (χ4v) is 3.67. The zero-order valence-electron chi connectivity index (χ0n) is 14.7. The van der Waals surface area contributed by atoms with E-state index >= 15 is 0 Å². The zero-order chi connectivity index (χ0) is 17.3. The molecule has 0 radical (unpaired) electrons. The van der Waals surface area contributed by atoms with Gasteiger partial charge >= 0.3 is 0 Å². The van der Waals surface area contributed by atoms with Gasteiger partial charge in [-0.3, -0.25) is 4.79 Å². The Balaban J connectivity index is 1.68. The van der Waals surface area contributed by atoms with E-state index in [2.05, 4.69) is 23.7 Å². The smallest absolute Gasteiger partial charge is 0.264 e. The highest BCUT2D eigenvalue weighted by Gasteiger charge is 2.24. The molecule has 5 nitrogen and oxygen atoms in total. The van der Waals surface area contributed by atoms with Crippen molar-refractivity contribution in [3.63, 3.8) is 0 Å². The van der Waals surface area contributed by atoms with E-state index in [1.165, 1.54) is 4.88 Å². The SMILES string of the molecule is Cc1cc(N2CCN(C(=O)c3ccc(C)s3)CC2)nc(C(C)C)n1. The van der Waals surface area contributed by atoms with E-state index in [1.807, 2.05) is 36.9 Å². The lowest BCUT2D eigenvalue weighted by Gasteiger charge is -2.35. The highest BCUT2D eigenvalue weighted by molar-refractivity contribution is 7.13. The van der Waals surface area contributed by atoms with Crippen LogP contribution in [-0.2, 0) is 0 Å². The summed E-state index contributed by atoms with van der Waals surface area (Å²) in [4.78, 5) is 28.0. The van der Waals surface area contributed by atoms with Crippen LogP contribution >= 0.6 is 11.3 Å². The normalized spacial score (nSPS) is 15.2. The highest BCUT2D eigenvalue weighted by Crippen LogP contribution is 2.21. The second-order valence-corrected chi connectivity index (χ2v) is 7.86. The molecule has 1 aliphatic heterocycles. The maximum absolute atomic E-state index is 12.5. The number of hydrogen-bond donors (Lipinski definition) is 0. The molecule has 1 saturated heterocycles. The van der Waals surface area contributed by atoms with Gasteiger partial charge in [-0.2, -0.15) is 0 Å². The monoisotopic (exact) mass is 344 g/mol. The Hall–Kier alpha value is -1.95. The molecule has 0 spiro atoms. The van der Waals surface area contributed by atoms with Gasteiger partial charge in [0.15, 0.2) is 0 Å². The van der Waals surface area contributed by atoms with Crippen LogP contribution in [0.15, 0.2) is 18.2 Å². The van der Waals surface area contributed by atoms with E-state index in [-0.39, 0.29) is 5.91 Å². The van der Waals surface area contributed by atoms with Crippen LogP contribution in [-0.4, -0.2) is 47.0 Å².